The number of anilines is 1. The lowest BCUT2D eigenvalue weighted by Crippen LogP contribution is -2.03. The quantitative estimate of drug-likeness (QED) is 0.891. The summed E-state index contributed by atoms with van der Waals surface area (Å²) >= 11 is 0. The Balaban J connectivity index is 2.57. The number of methoxy groups -OCH3 is 1. The van der Waals surface area contributed by atoms with Gasteiger partial charge in [0.25, 0.3) is 0 Å². The fourth-order valence-corrected chi connectivity index (χ4v) is 1.66. The van der Waals surface area contributed by atoms with Crippen LogP contribution in [0, 0.1) is 24.1 Å². The Morgan fingerprint density at radius 3 is 2.68 bits per heavy atom. The molecular weight excluding hydrogens is 247 g/mol. The van der Waals surface area contributed by atoms with Crippen LogP contribution in [-0.2, 0) is 0 Å². The number of nitrogens with zero attached hydrogens (tertiary/aromatic N) is 3. The van der Waals surface area contributed by atoms with Crippen LogP contribution in [0.25, 0.3) is 11.4 Å². The van der Waals surface area contributed by atoms with Crippen LogP contribution in [0.4, 0.5) is 10.2 Å². The van der Waals surface area contributed by atoms with E-state index in [9.17, 15) is 4.39 Å². The summed E-state index contributed by atoms with van der Waals surface area (Å²) in [6, 6.07) is 6.21. The maximum Gasteiger partial charge on any atom is 0.165 e. The summed E-state index contributed by atoms with van der Waals surface area (Å²) in [7, 11) is 1.38. The molecule has 0 aliphatic carbocycles. The SMILES string of the molecule is COc1cc(-c2nc(C)c(C#N)c(N)n2)ccc1F. The summed E-state index contributed by atoms with van der Waals surface area (Å²) < 4.78 is 18.2. The van der Waals surface area contributed by atoms with Gasteiger partial charge < -0.3 is 10.5 Å². The highest BCUT2D eigenvalue weighted by molar-refractivity contribution is 5.62. The normalized spacial score (nSPS) is 10.0. The zero-order valence-corrected chi connectivity index (χ0v) is 10.4. The number of hydrogen-bond acceptors (Lipinski definition) is 5. The first kappa shape index (κ1) is 12.8. The molecule has 0 spiro atoms. The Kier molecular flexibility index (Phi) is 3.29. The highest BCUT2D eigenvalue weighted by Gasteiger charge is 2.12. The van der Waals surface area contributed by atoms with Crippen molar-refractivity contribution in [3.05, 3.63) is 35.3 Å². The van der Waals surface area contributed by atoms with Gasteiger partial charge in [-0.2, -0.15) is 5.26 Å². The molecule has 0 radical (unpaired) electrons. The molecule has 0 bridgehead atoms. The van der Waals surface area contributed by atoms with Crippen LogP contribution in [0.2, 0.25) is 0 Å². The molecule has 1 heterocycles. The fraction of sp³-hybridized carbons (Fsp3) is 0.154. The number of benzene rings is 1. The van der Waals surface area contributed by atoms with Crippen molar-refractivity contribution in [2.75, 3.05) is 12.8 Å². The van der Waals surface area contributed by atoms with Crippen LogP contribution in [-0.4, -0.2) is 17.1 Å². The van der Waals surface area contributed by atoms with E-state index in [-0.39, 0.29) is 17.1 Å². The van der Waals surface area contributed by atoms with Crippen LogP contribution in [0.5, 0.6) is 5.75 Å². The van der Waals surface area contributed by atoms with Crippen LogP contribution in [0.1, 0.15) is 11.3 Å². The average molecular weight is 258 g/mol. The van der Waals surface area contributed by atoms with E-state index in [1.54, 1.807) is 6.92 Å². The third-order valence-electron chi connectivity index (χ3n) is 2.64. The van der Waals surface area contributed by atoms with Crippen LogP contribution < -0.4 is 10.5 Å². The molecule has 0 aliphatic rings. The first-order chi connectivity index (χ1) is 9.06. The molecule has 19 heavy (non-hydrogen) atoms. The maximum atomic E-state index is 13.3. The Bertz CT molecular complexity index is 656. The van der Waals surface area contributed by atoms with E-state index in [4.69, 9.17) is 15.7 Å². The van der Waals surface area contributed by atoms with Gasteiger partial charge >= 0.3 is 0 Å². The molecule has 2 N–H and O–H groups in total. The van der Waals surface area contributed by atoms with Crippen LogP contribution >= 0.6 is 0 Å². The number of nitrogens with two attached hydrogens (primary N) is 1. The Labute approximate surface area is 109 Å². The van der Waals surface area contributed by atoms with Crippen LogP contribution in [0.3, 0.4) is 0 Å². The molecule has 96 valence electrons. The molecule has 2 rings (SSSR count). The van der Waals surface area contributed by atoms with E-state index in [2.05, 4.69) is 9.97 Å². The lowest BCUT2D eigenvalue weighted by molar-refractivity contribution is 0.387. The van der Waals surface area contributed by atoms with Crippen molar-refractivity contribution >= 4 is 5.82 Å². The van der Waals surface area contributed by atoms with Crippen molar-refractivity contribution in [1.29, 1.82) is 5.26 Å². The number of nitriles is 1. The number of aromatic nitrogens is 2. The molecule has 0 saturated carbocycles. The molecule has 0 amide bonds. The highest BCUT2D eigenvalue weighted by Crippen LogP contribution is 2.25. The molecule has 0 saturated heterocycles. The molecule has 2 aromatic rings. The van der Waals surface area contributed by atoms with E-state index in [1.807, 2.05) is 6.07 Å². The summed E-state index contributed by atoms with van der Waals surface area (Å²) in [5.41, 5.74) is 6.99. The minimum atomic E-state index is -0.468. The minimum absolute atomic E-state index is 0.0988. The zero-order chi connectivity index (χ0) is 14.0. The number of ether oxygens (including phenoxy) is 1. The predicted octanol–water partition coefficient (Wildman–Crippen LogP) is 2.05. The first-order valence-corrected chi connectivity index (χ1v) is 5.45. The Hall–Kier alpha value is -2.68. The van der Waals surface area contributed by atoms with E-state index in [1.165, 1.54) is 25.3 Å². The van der Waals surface area contributed by atoms with Crippen molar-refractivity contribution in [3.8, 4) is 23.2 Å². The van der Waals surface area contributed by atoms with Crippen molar-refractivity contribution in [2.24, 2.45) is 0 Å². The predicted molar refractivity (Wildman–Crippen MR) is 67.8 cm³/mol. The smallest absolute Gasteiger partial charge is 0.165 e. The highest BCUT2D eigenvalue weighted by atomic mass is 19.1. The van der Waals surface area contributed by atoms with Gasteiger partial charge in [0.05, 0.1) is 12.8 Å². The number of halogens is 1. The van der Waals surface area contributed by atoms with Gasteiger partial charge in [0.2, 0.25) is 0 Å². The van der Waals surface area contributed by atoms with E-state index in [0.29, 0.717) is 17.1 Å². The molecular formula is C13H11FN4O. The van der Waals surface area contributed by atoms with E-state index < -0.39 is 5.82 Å². The molecule has 1 aromatic carbocycles. The minimum Gasteiger partial charge on any atom is -0.494 e. The average Bonchev–Trinajstić information content (AvgIpc) is 2.39. The summed E-state index contributed by atoms with van der Waals surface area (Å²) in [6.07, 6.45) is 0. The maximum absolute atomic E-state index is 13.3. The summed E-state index contributed by atoms with van der Waals surface area (Å²) in [5, 5.41) is 8.90. The molecule has 5 nitrogen and oxygen atoms in total. The second-order valence-corrected chi connectivity index (χ2v) is 3.85. The summed E-state index contributed by atoms with van der Waals surface area (Å²) in [4.78, 5) is 8.23. The van der Waals surface area contributed by atoms with Crippen molar-refractivity contribution in [2.45, 2.75) is 6.92 Å². The van der Waals surface area contributed by atoms with E-state index in [0.717, 1.165) is 0 Å². The fourth-order valence-electron chi connectivity index (χ4n) is 1.66. The van der Waals surface area contributed by atoms with Gasteiger partial charge in [-0.15, -0.1) is 0 Å². The third kappa shape index (κ3) is 2.31. The standard InChI is InChI=1S/C13H11FN4O/c1-7-9(6-15)12(16)18-13(17-7)8-3-4-10(14)11(5-8)19-2/h3-5H,1-2H3,(H2,16,17,18). The Morgan fingerprint density at radius 2 is 2.11 bits per heavy atom. The second-order valence-electron chi connectivity index (χ2n) is 3.85. The van der Waals surface area contributed by atoms with Gasteiger partial charge in [-0.1, -0.05) is 0 Å². The molecule has 0 fully saturated rings. The number of hydrogen-bond donors (Lipinski definition) is 1. The lowest BCUT2D eigenvalue weighted by Gasteiger charge is -2.07. The number of nitrogen functional groups attached to an aromatic ring is 1. The number of rotatable bonds is 2. The summed E-state index contributed by atoms with van der Waals surface area (Å²) in [5.74, 6) is 0.0619. The van der Waals surface area contributed by atoms with Gasteiger partial charge in [-0.05, 0) is 25.1 Å². The number of aryl methyl sites for hydroxylation is 1. The molecule has 0 unspecified atom stereocenters. The van der Waals surface area contributed by atoms with Crippen molar-refractivity contribution in [1.82, 2.24) is 9.97 Å². The Morgan fingerprint density at radius 1 is 1.37 bits per heavy atom. The van der Waals surface area contributed by atoms with Gasteiger partial charge in [0.15, 0.2) is 17.4 Å². The van der Waals surface area contributed by atoms with Gasteiger partial charge in [0.1, 0.15) is 17.5 Å². The topological polar surface area (TPSA) is 84.8 Å². The van der Waals surface area contributed by atoms with Crippen LogP contribution in [0.15, 0.2) is 18.2 Å². The van der Waals surface area contributed by atoms with Gasteiger partial charge in [-0.25, -0.2) is 14.4 Å². The summed E-state index contributed by atoms with van der Waals surface area (Å²) in [6.45, 7) is 1.67. The molecule has 1 aromatic heterocycles. The largest absolute Gasteiger partial charge is 0.494 e. The molecule has 0 atom stereocenters. The van der Waals surface area contributed by atoms with Crippen molar-refractivity contribution < 1.29 is 9.13 Å². The molecule has 6 heteroatoms. The second kappa shape index (κ2) is 4.90. The lowest BCUT2D eigenvalue weighted by atomic mass is 10.1. The first-order valence-electron chi connectivity index (χ1n) is 5.45. The monoisotopic (exact) mass is 258 g/mol. The van der Waals surface area contributed by atoms with Gasteiger partial charge in [0, 0.05) is 5.56 Å². The third-order valence-corrected chi connectivity index (χ3v) is 2.64. The van der Waals surface area contributed by atoms with E-state index >= 15 is 0 Å². The van der Waals surface area contributed by atoms with Gasteiger partial charge in [-0.3, -0.25) is 0 Å². The molecule has 0 aliphatic heterocycles. The zero-order valence-electron chi connectivity index (χ0n) is 10.4. The van der Waals surface area contributed by atoms with Crippen molar-refractivity contribution in [3.63, 3.8) is 0 Å².